The molecule has 0 fully saturated rings. The van der Waals surface area contributed by atoms with E-state index in [1.165, 1.54) is 0 Å². The first-order valence-electron chi connectivity index (χ1n) is 13.2. The summed E-state index contributed by atoms with van der Waals surface area (Å²) in [4.78, 5) is 44.7. The van der Waals surface area contributed by atoms with Gasteiger partial charge in [0.05, 0.1) is 26.9 Å². The predicted octanol–water partition coefficient (Wildman–Crippen LogP) is -0.0849. The number of rotatable bonds is 13. The molecule has 19 heteroatoms. The lowest BCUT2D eigenvalue weighted by Gasteiger charge is -2.21. The second-order valence-corrected chi connectivity index (χ2v) is 9.43. The lowest BCUT2D eigenvalue weighted by atomic mass is 10.3. The van der Waals surface area contributed by atoms with Gasteiger partial charge in [0.1, 0.15) is 18.3 Å². The van der Waals surface area contributed by atoms with E-state index < -0.39 is 18.1 Å². The van der Waals surface area contributed by atoms with Gasteiger partial charge in [-0.3, -0.25) is 9.59 Å². The average molecular weight is 663 g/mol. The molecule has 0 aliphatic carbocycles. The Morgan fingerprint density at radius 2 is 1.69 bits per heavy atom. The molecule has 0 aliphatic rings. The van der Waals surface area contributed by atoms with Gasteiger partial charge in [-0.1, -0.05) is 11.6 Å². The summed E-state index contributed by atoms with van der Waals surface area (Å²) in [5, 5.41) is 11.5. The third-order valence-corrected chi connectivity index (χ3v) is 6.52. The Hall–Kier alpha value is -4.42. The number of nitrogens with one attached hydrogen (secondary N) is 1. The van der Waals surface area contributed by atoms with Crippen molar-refractivity contribution in [1.29, 1.82) is 0 Å². The minimum atomic E-state index is -5.19. The summed E-state index contributed by atoms with van der Waals surface area (Å²) in [7, 11) is 4.76. The van der Waals surface area contributed by atoms with E-state index in [1.807, 2.05) is 34.3 Å². The number of methoxy groups -OCH3 is 3. The summed E-state index contributed by atoms with van der Waals surface area (Å²) in [5.41, 5.74) is 13.0. The number of alkyl halides is 3. The molecule has 3 aromatic rings. The summed E-state index contributed by atoms with van der Waals surface area (Å²) in [6.45, 7) is 4.27. The van der Waals surface area contributed by atoms with Crippen LogP contribution in [0, 0.1) is 0 Å². The van der Waals surface area contributed by atoms with Crippen LogP contribution in [0.15, 0.2) is 18.2 Å². The molecule has 0 atom stereocenters. The number of nitrogen functional groups attached to an aromatic ring is 2. The molecule has 0 saturated carbocycles. The maximum absolute atomic E-state index is 13.4. The minimum absolute atomic E-state index is 0.0318. The molecule has 2 amide bonds. The summed E-state index contributed by atoms with van der Waals surface area (Å²) in [5.74, 6) is -2.56. The Labute approximate surface area is 260 Å². The van der Waals surface area contributed by atoms with Crippen molar-refractivity contribution >= 4 is 52.1 Å². The maximum atomic E-state index is 13.4. The highest BCUT2D eigenvalue weighted by Gasteiger charge is 2.30. The molecule has 5 N–H and O–H groups in total. The topological polar surface area (TPSA) is 204 Å². The van der Waals surface area contributed by atoms with Crippen molar-refractivity contribution in [1.82, 2.24) is 24.8 Å². The molecule has 248 valence electrons. The zero-order valence-corrected chi connectivity index (χ0v) is 25.7. The molecule has 2 heterocycles. The highest BCUT2D eigenvalue weighted by Crippen LogP contribution is 2.22. The molecule has 0 radical (unpaired) electrons. The van der Waals surface area contributed by atoms with Crippen LogP contribution in [0.2, 0.25) is 5.15 Å². The van der Waals surface area contributed by atoms with E-state index in [0.717, 1.165) is 11.0 Å². The number of aliphatic carboxylic acids is 1. The van der Waals surface area contributed by atoms with Crippen LogP contribution in [-0.2, 0) is 38.7 Å². The number of amides is 2. The van der Waals surface area contributed by atoms with Crippen LogP contribution in [0.5, 0.6) is 5.75 Å². The number of imidazole rings is 1. The van der Waals surface area contributed by atoms with E-state index >= 15 is 0 Å². The highest BCUT2D eigenvalue weighted by atomic mass is 35.5. The van der Waals surface area contributed by atoms with E-state index in [2.05, 4.69) is 15.3 Å². The molecular formula is C26H34ClF3N8O7. The van der Waals surface area contributed by atoms with E-state index in [0.29, 0.717) is 44.4 Å². The monoisotopic (exact) mass is 662 g/mol. The smallest absolute Gasteiger partial charge is 0.430 e. The zero-order chi connectivity index (χ0) is 33.9. The number of hydrogen-bond acceptors (Lipinski definition) is 11. The molecule has 1 aromatic carbocycles. The van der Waals surface area contributed by atoms with Crippen molar-refractivity contribution in [3.63, 3.8) is 0 Å². The minimum Gasteiger partial charge on any atom is -0.542 e. The number of benzene rings is 1. The van der Waals surface area contributed by atoms with Gasteiger partial charge in [0.25, 0.3) is 17.6 Å². The number of carbonyl (C=O) groups is 3. The molecule has 0 saturated heterocycles. The van der Waals surface area contributed by atoms with Gasteiger partial charge in [-0.2, -0.15) is 13.2 Å². The molecular weight excluding hydrogens is 629 g/mol. The fourth-order valence-electron chi connectivity index (χ4n) is 4.07. The number of nitrogens with zero attached hydrogens (tertiary/aromatic N) is 5. The van der Waals surface area contributed by atoms with Crippen LogP contribution in [0.3, 0.4) is 0 Å². The van der Waals surface area contributed by atoms with Crippen molar-refractivity contribution in [2.24, 2.45) is 0 Å². The summed E-state index contributed by atoms with van der Waals surface area (Å²) in [6.07, 6.45) is -5.19. The van der Waals surface area contributed by atoms with Crippen molar-refractivity contribution in [2.45, 2.75) is 32.7 Å². The Morgan fingerprint density at radius 1 is 1.09 bits per heavy atom. The second kappa shape index (κ2) is 16.6. The Morgan fingerprint density at radius 3 is 2.20 bits per heavy atom. The Balaban J connectivity index is 0.000000900. The molecule has 45 heavy (non-hydrogen) atoms. The first-order chi connectivity index (χ1) is 21.2. The highest BCUT2D eigenvalue weighted by molar-refractivity contribution is 6.31. The van der Waals surface area contributed by atoms with Gasteiger partial charge in [-0.15, -0.1) is 0 Å². The van der Waals surface area contributed by atoms with Crippen LogP contribution in [0.4, 0.5) is 24.8 Å². The third-order valence-electron chi connectivity index (χ3n) is 6.24. The SMILES string of the molecule is CCn1c(CNC(=O)c2nc(Cl)c(N)nc2N)[n+](CC(=O)N(CCOC)CCOC)c2ccc(OC)cc21.O=C([O-])C(F)(F)F. The van der Waals surface area contributed by atoms with Crippen molar-refractivity contribution < 1.29 is 51.4 Å². The van der Waals surface area contributed by atoms with Crippen LogP contribution in [0.25, 0.3) is 11.0 Å². The normalized spacial score (nSPS) is 11.1. The first-order valence-corrected chi connectivity index (χ1v) is 13.6. The van der Waals surface area contributed by atoms with Gasteiger partial charge < -0.3 is 45.8 Å². The fourth-order valence-corrected chi connectivity index (χ4v) is 4.20. The fraction of sp³-hybridized carbons (Fsp3) is 0.462. The third kappa shape index (κ3) is 9.79. The molecule has 3 rings (SSSR count). The zero-order valence-electron chi connectivity index (χ0n) is 24.9. The lowest BCUT2D eigenvalue weighted by molar-refractivity contribution is -0.668. The van der Waals surface area contributed by atoms with Crippen LogP contribution in [0.1, 0.15) is 23.2 Å². The number of anilines is 2. The van der Waals surface area contributed by atoms with Crippen molar-refractivity contribution in [3.05, 3.63) is 34.9 Å². The maximum Gasteiger partial charge on any atom is 0.430 e. The number of carboxylic acid groups (broad SMARTS) is 1. The number of hydrogen-bond donors (Lipinski definition) is 3. The van der Waals surface area contributed by atoms with Crippen LogP contribution >= 0.6 is 11.6 Å². The number of carbonyl (C=O) groups excluding carboxylic acids is 3. The van der Waals surface area contributed by atoms with Gasteiger partial charge in [0.2, 0.25) is 0 Å². The van der Waals surface area contributed by atoms with Gasteiger partial charge in [0.15, 0.2) is 40.1 Å². The number of fused-ring (bicyclic) bond motifs is 1. The number of carboxylic acids is 1. The number of nitrogens with two attached hydrogens (primary N) is 2. The average Bonchev–Trinajstić information content (AvgIpc) is 3.28. The molecule has 15 nitrogen and oxygen atoms in total. The van der Waals surface area contributed by atoms with Gasteiger partial charge in [-0.25, -0.2) is 19.1 Å². The molecule has 0 bridgehead atoms. The Bertz CT molecular complexity index is 1500. The first kappa shape index (κ1) is 36.8. The van der Waals surface area contributed by atoms with Gasteiger partial charge in [-0.05, 0) is 19.1 Å². The summed E-state index contributed by atoms with van der Waals surface area (Å²) >= 11 is 5.95. The number of aromatic nitrogens is 4. The van der Waals surface area contributed by atoms with Gasteiger partial charge in [0, 0.05) is 33.4 Å². The molecule has 0 spiro atoms. The van der Waals surface area contributed by atoms with E-state index in [1.54, 1.807) is 26.2 Å². The van der Waals surface area contributed by atoms with Gasteiger partial charge >= 0.3 is 6.18 Å². The number of halogens is 4. The van der Waals surface area contributed by atoms with Crippen molar-refractivity contribution in [2.75, 3.05) is 59.1 Å². The van der Waals surface area contributed by atoms with E-state index in [4.69, 9.17) is 47.2 Å². The standard InChI is InChI=1S/C24H33ClN8O5.C2HF3O2/c1-5-32-17-12-15(38-4)6-7-16(17)33(14-19(34)31(8-10-36-2)9-11-37-3)18(32)13-28-24(35)20-22(26)30-23(27)21(25)29-20;3-2(4,5)1(6)7/h6-7,12H,5,8-11,13-14H2,1-4H3,(H4-,26,27,28,30,35);(H,6,7). The van der Waals surface area contributed by atoms with Crippen LogP contribution < -0.4 is 31.2 Å². The molecule has 2 aromatic heterocycles. The Kier molecular flexibility index (Phi) is 13.6. The van der Waals surface area contributed by atoms with E-state index in [9.17, 15) is 22.8 Å². The summed E-state index contributed by atoms with van der Waals surface area (Å²) < 4.78 is 51.2. The predicted molar refractivity (Wildman–Crippen MR) is 153 cm³/mol. The quantitative estimate of drug-likeness (QED) is 0.206. The molecule has 0 unspecified atom stereocenters. The number of ether oxygens (including phenoxy) is 3. The van der Waals surface area contributed by atoms with E-state index in [-0.39, 0.29) is 41.5 Å². The number of aryl methyl sites for hydroxylation is 1. The summed E-state index contributed by atoms with van der Waals surface area (Å²) in [6, 6.07) is 5.60. The van der Waals surface area contributed by atoms with Crippen molar-refractivity contribution in [3.8, 4) is 5.75 Å². The van der Waals surface area contributed by atoms with Crippen LogP contribution in [-0.4, -0.2) is 91.0 Å². The molecule has 0 aliphatic heterocycles. The largest absolute Gasteiger partial charge is 0.542 e. The second-order valence-electron chi connectivity index (χ2n) is 9.07. The lowest BCUT2D eigenvalue weighted by Crippen LogP contribution is -2.49.